The lowest BCUT2D eigenvalue weighted by Crippen LogP contribution is -2.42. The zero-order valence-corrected chi connectivity index (χ0v) is 14.3. The zero-order chi connectivity index (χ0) is 14.7. The van der Waals surface area contributed by atoms with Crippen LogP contribution in [0.25, 0.3) is 0 Å². The number of methoxy groups -OCH3 is 1. The van der Waals surface area contributed by atoms with E-state index in [0.717, 1.165) is 29.0 Å². The molecule has 1 fully saturated rings. The maximum Gasteiger partial charge on any atom is 0.128 e. The van der Waals surface area contributed by atoms with Crippen LogP contribution in [0.15, 0.2) is 6.20 Å². The van der Waals surface area contributed by atoms with E-state index in [9.17, 15) is 0 Å². The molecule has 0 amide bonds. The molecule has 1 aromatic rings. The second kappa shape index (κ2) is 7.05. The van der Waals surface area contributed by atoms with Crippen LogP contribution < -0.4 is 10.5 Å². The van der Waals surface area contributed by atoms with Crippen LogP contribution in [-0.4, -0.2) is 40.1 Å². The minimum atomic E-state index is 0.154. The number of nitrogens with two attached hydrogens (primary N) is 1. The summed E-state index contributed by atoms with van der Waals surface area (Å²) >= 11 is 4.05. The van der Waals surface area contributed by atoms with Crippen LogP contribution in [0.5, 0.6) is 5.75 Å². The fourth-order valence-electron chi connectivity index (χ4n) is 2.74. The first kappa shape index (κ1) is 16.0. The van der Waals surface area contributed by atoms with Gasteiger partial charge in [0.1, 0.15) is 5.75 Å². The van der Waals surface area contributed by atoms with Crippen molar-refractivity contribution >= 4 is 23.5 Å². The van der Waals surface area contributed by atoms with Crippen molar-refractivity contribution in [2.24, 2.45) is 5.73 Å². The third-order valence-corrected chi connectivity index (χ3v) is 7.11. The maximum absolute atomic E-state index is 6.45. The lowest BCUT2D eigenvalue weighted by atomic mass is 10.0. The largest absolute Gasteiger partial charge is 0.496 e. The Kier molecular flexibility index (Phi) is 5.64. The van der Waals surface area contributed by atoms with Crippen LogP contribution in [0, 0.1) is 13.8 Å². The van der Waals surface area contributed by atoms with E-state index in [-0.39, 0.29) is 6.04 Å². The zero-order valence-electron chi connectivity index (χ0n) is 12.7. The van der Waals surface area contributed by atoms with Crippen molar-refractivity contribution in [1.29, 1.82) is 0 Å². The van der Waals surface area contributed by atoms with Crippen LogP contribution in [0.4, 0.5) is 0 Å². The van der Waals surface area contributed by atoms with E-state index < -0.39 is 0 Å². The predicted octanol–water partition coefficient (Wildman–Crippen LogP) is 2.81. The monoisotopic (exact) mass is 312 g/mol. The second-order valence-electron chi connectivity index (χ2n) is 5.33. The van der Waals surface area contributed by atoms with Gasteiger partial charge in [-0.2, -0.15) is 23.5 Å². The van der Waals surface area contributed by atoms with E-state index in [1.54, 1.807) is 7.11 Å². The normalized spacial score (nSPS) is 24.4. The summed E-state index contributed by atoms with van der Waals surface area (Å²) in [6.45, 7) is 6.39. The minimum Gasteiger partial charge on any atom is -0.496 e. The highest BCUT2D eigenvalue weighted by Crippen LogP contribution is 2.34. The molecule has 1 aliphatic rings. The number of pyridine rings is 1. The molecule has 0 aromatic carbocycles. The molecule has 0 bridgehead atoms. The molecule has 0 spiro atoms. The first-order valence-electron chi connectivity index (χ1n) is 7.02. The van der Waals surface area contributed by atoms with Crippen LogP contribution in [-0.2, 0) is 6.42 Å². The Bertz CT molecular complexity index is 467. The average molecular weight is 313 g/mol. The molecular formula is C15H24N2OS2. The number of rotatable bonds is 4. The van der Waals surface area contributed by atoms with Crippen LogP contribution in [0.3, 0.4) is 0 Å². The molecule has 1 saturated heterocycles. The summed E-state index contributed by atoms with van der Waals surface area (Å²) in [5.41, 5.74) is 9.74. The SMILES string of the molecule is COc1c(C)cnc(CC(N)C2SCCSC2C)c1C. The standard InChI is InChI=1S/C15H24N2OS2/c1-9-8-17-13(10(2)14(9)18-4)7-12(16)15-11(3)19-5-6-20-15/h8,11-12,15H,5-7,16H2,1-4H3. The van der Waals surface area contributed by atoms with Crippen molar-refractivity contribution in [2.45, 2.75) is 43.7 Å². The van der Waals surface area contributed by atoms with Gasteiger partial charge < -0.3 is 10.5 Å². The lowest BCUT2D eigenvalue weighted by Gasteiger charge is -2.32. The van der Waals surface area contributed by atoms with Gasteiger partial charge >= 0.3 is 0 Å². The molecular weight excluding hydrogens is 288 g/mol. The molecule has 0 saturated carbocycles. The molecule has 112 valence electrons. The van der Waals surface area contributed by atoms with Gasteiger partial charge in [-0.25, -0.2) is 0 Å². The molecule has 5 heteroatoms. The number of aryl methyl sites for hydroxylation is 1. The van der Waals surface area contributed by atoms with Crippen molar-refractivity contribution in [3.63, 3.8) is 0 Å². The number of aromatic nitrogens is 1. The average Bonchev–Trinajstić information content (AvgIpc) is 2.43. The molecule has 2 rings (SSSR count). The van der Waals surface area contributed by atoms with E-state index in [4.69, 9.17) is 10.5 Å². The number of ether oxygens (including phenoxy) is 1. The smallest absolute Gasteiger partial charge is 0.128 e. The molecule has 3 unspecified atom stereocenters. The minimum absolute atomic E-state index is 0.154. The molecule has 0 radical (unpaired) electrons. The molecule has 2 heterocycles. The first-order chi connectivity index (χ1) is 9.54. The van der Waals surface area contributed by atoms with E-state index in [1.807, 2.05) is 36.6 Å². The van der Waals surface area contributed by atoms with Crippen molar-refractivity contribution < 1.29 is 4.74 Å². The van der Waals surface area contributed by atoms with Crippen molar-refractivity contribution in [2.75, 3.05) is 18.6 Å². The van der Waals surface area contributed by atoms with Crippen molar-refractivity contribution in [3.8, 4) is 5.75 Å². The molecule has 20 heavy (non-hydrogen) atoms. The first-order valence-corrected chi connectivity index (χ1v) is 9.12. The third-order valence-electron chi connectivity index (χ3n) is 3.84. The van der Waals surface area contributed by atoms with Gasteiger partial charge in [0.05, 0.1) is 7.11 Å². The quantitative estimate of drug-likeness (QED) is 0.926. The summed E-state index contributed by atoms with van der Waals surface area (Å²) in [6.07, 6.45) is 2.71. The number of hydrogen-bond donors (Lipinski definition) is 1. The topological polar surface area (TPSA) is 48.1 Å². The summed E-state index contributed by atoms with van der Waals surface area (Å²) in [6, 6.07) is 0.154. The van der Waals surface area contributed by atoms with Crippen LogP contribution >= 0.6 is 23.5 Å². The second-order valence-corrected chi connectivity index (χ2v) is 8.10. The van der Waals surface area contributed by atoms with Gasteiger partial charge in [-0.05, 0) is 13.8 Å². The summed E-state index contributed by atoms with van der Waals surface area (Å²) in [5, 5.41) is 1.14. The van der Waals surface area contributed by atoms with E-state index >= 15 is 0 Å². The van der Waals surface area contributed by atoms with Gasteiger partial charge in [-0.1, -0.05) is 6.92 Å². The Balaban J connectivity index is 2.13. The Morgan fingerprint density at radius 2 is 2.10 bits per heavy atom. The Hall–Kier alpha value is -0.390. The summed E-state index contributed by atoms with van der Waals surface area (Å²) in [7, 11) is 1.72. The van der Waals surface area contributed by atoms with Crippen molar-refractivity contribution in [3.05, 3.63) is 23.0 Å². The highest BCUT2D eigenvalue weighted by Gasteiger charge is 2.29. The molecule has 1 aliphatic heterocycles. The Morgan fingerprint density at radius 1 is 1.40 bits per heavy atom. The highest BCUT2D eigenvalue weighted by molar-refractivity contribution is 8.07. The third kappa shape index (κ3) is 3.43. The molecule has 3 nitrogen and oxygen atoms in total. The summed E-state index contributed by atoms with van der Waals surface area (Å²) < 4.78 is 5.47. The maximum atomic E-state index is 6.45. The van der Waals surface area contributed by atoms with Gasteiger partial charge in [-0.15, -0.1) is 0 Å². The molecule has 3 atom stereocenters. The molecule has 0 aliphatic carbocycles. The van der Waals surface area contributed by atoms with Crippen molar-refractivity contribution in [1.82, 2.24) is 4.98 Å². The van der Waals surface area contributed by atoms with Gasteiger partial charge in [-0.3, -0.25) is 4.98 Å². The summed E-state index contributed by atoms with van der Waals surface area (Å²) in [4.78, 5) is 4.57. The highest BCUT2D eigenvalue weighted by atomic mass is 32.2. The van der Waals surface area contributed by atoms with Gasteiger partial charge in [0.2, 0.25) is 0 Å². The Morgan fingerprint density at radius 3 is 2.75 bits per heavy atom. The number of nitrogens with zero attached hydrogens (tertiary/aromatic N) is 1. The molecule has 2 N–H and O–H groups in total. The molecule has 1 aromatic heterocycles. The fourth-order valence-corrected chi connectivity index (χ4v) is 5.63. The van der Waals surface area contributed by atoms with Gasteiger partial charge in [0.15, 0.2) is 0 Å². The van der Waals surface area contributed by atoms with Gasteiger partial charge in [0, 0.05) is 57.5 Å². The number of thioether (sulfide) groups is 2. The van der Waals surface area contributed by atoms with Crippen LogP contribution in [0.1, 0.15) is 23.7 Å². The Labute approximate surface area is 130 Å². The lowest BCUT2D eigenvalue weighted by molar-refractivity contribution is 0.406. The van der Waals surface area contributed by atoms with E-state index in [0.29, 0.717) is 10.5 Å². The predicted molar refractivity (Wildman–Crippen MR) is 90.1 cm³/mol. The van der Waals surface area contributed by atoms with E-state index in [2.05, 4.69) is 18.8 Å². The fraction of sp³-hybridized carbons (Fsp3) is 0.667. The number of hydrogen-bond acceptors (Lipinski definition) is 5. The van der Waals surface area contributed by atoms with E-state index in [1.165, 1.54) is 11.5 Å². The van der Waals surface area contributed by atoms with Gasteiger partial charge in [0.25, 0.3) is 0 Å². The van der Waals surface area contributed by atoms with Crippen LogP contribution in [0.2, 0.25) is 0 Å². The summed E-state index contributed by atoms with van der Waals surface area (Å²) in [5.74, 6) is 3.39.